The van der Waals surface area contributed by atoms with E-state index in [1.165, 1.54) is 0 Å². The average Bonchev–Trinajstić information content (AvgIpc) is 2.87. The van der Waals surface area contributed by atoms with E-state index in [4.69, 9.17) is 0 Å². The van der Waals surface area contributed by atoms with Crippen LogP contribution in [0.15, 0.2) is 23.1 Å². The van der Waals surface area contributed by atoms with Crippen molar-refractivity contribution in [1.82, 2.24) is 9.62 Å². The quantitative estimate of drug-likeness (QED) is 0.656. The first-order valence-electron chi connectivity index (χ1n) is 5.98. The van der Waals surface area contributed by atoms with E-state index in [-0.39, 0.29) is 31.5 Å². The molecule has 0 aromatic heterocycles. The molecule has 1 atom stereocenters. The fourth-order valence-corrected chi connectivity index (χ4v) is 3.91. The fourth-order valence-electron chi connectivity index (χ4n) is 2.21. The Labute approximate surface area is 127 Å². The van der Waals surface area contributed by atoms with Gasteiger partial charge in [-0.25, -0.2) is 12.8 Å². The first-order chi connectivity index (χ1) is 9.37. The topological polar surface area (TPSA) is 92.6 Å². The van der Waals surface area contributed by atoms with Crippen molar-refractivity contribution >= 4 is 28.1 Å². The molecule has 1 aromatic rings. The Morgan fingerprint density at radius 2 is 2.14 bits per heavy atom. The molecule has 0 spiro atoms. The summed E-state index contributed by atoms with van der Waals surface area (Å²) < 4.78 is 39.7. The molecule has 7 nitrogen and oxygen atoms in total. The number of likely N-dealkylation sites (N-methyl/N-ethyl adjacent to an activating group) is 1. The van der Waals surface area contributed by atoms with E-state index in [0.29, 0.717) is 6.42 Å². The van der Waals surface area contributed by atoms with E-state index in [2.05, 4.69) is 5.32 Å². The van der Waals surface area contributed by atoms with E-state index in [0.717, 1.165) is 22.5 Å². The molecule has 1 aliphatic heterocycles. The maximum Gasteiger partial charge on any atom is 0.292 e. The van der Waals surface area contributed by atoms with Crippen LogP contribution in [0, 0.1) is 15.9 Å². The number of hydrogen-bond donors (Lipinski definition) is 1. The van der Waals surface area contributed by atoms with Crippen LogP contribution in [0.1, 0.15) is 6.42 Å². The first-order valence-corrected chi connectivity index (χ1v) is 7.42. The van der Waals surface area contributed by atoms with Gasteiger partial charge in [0.1, 0.15) is 5.82 Å². The molecule has 0 saturated carbocycles. The van der Waals surface area contributed by atoms with E-state index >= 15 is 0 Å². The van der Waals surface area contributed by atoms with Gasteiger partial charge < -0.3 is 5.32 Å². The zero-order chi connectivity index (χ0) is 14.9. The van der Waals surface area contributed by atoms with Gasteiger partial charge in [0.2, 0.25) is 0 Å². The first kappa shape index (κ1) is 17.8. The van der Waals surface area contributed by atoms with Gasteiger partial charge in [-0.05, 0) is 19.5 Å². The van der Waals surface area contributed by atoms with Crippen LogP contribution >= 0.6 is 12.4 Å². The molecule has 10 heteroatoms. The van der Waals surface area contributed by atoms with Crippen molar-refractivity contribution in [2.24, 2.45) is 0 Å². The minimum absolute atomic E-state index is 0. The van der Waals surface area contributed by atoms with Gasteiger partial charge in [-0.3, -0.25) is 10.1 Å². The normalized spacial score (nSPS) is 19.2. The third-order valence-corrected chi connectivity index (χ3v) is 5.23. The van der Waals surface area contributed by atoms with Crippen LogP contribution in [0.5, 0.6) is 0 Å². The van der Waals surface area contributed by atoms with Crippen molar-refractivity contribution in [1.29, 1.82) is 0 Å². The van der Waals surface area contributed by atoms with Gasteiger partial charge in [0, 0.05) is 25.2 Å². The third kappa shape index (κ3) is 3.31. The number of rotatable bonds is 4. The van der Waals surface area contributed by atoms with Crippen molar-refractivity contribution in [3.8, 4) is 0 Å². The monoisotopic (exact) mass is 339 g/mol. The largest absolute Gasteiger partial charge is 0.316 e. The summed E-state index contributed by atoms with van der Waals surface area (Å²) in [5, 5.41) is 13.8. The Bertz CT molecular complexity index is 640. The summed E-state index contributed by atoms with van der Waals surface area (Å²) in [5.74, 6) is -1.10. The Kier molecular flexibility index (Phi) is 5.62. The second kappa shape index (κ2) is 6.65. The number of benzene rings is 1. The van der Waals surface area contributed by atoms with Crippen molar-refractivity contribution in [3.63, 3.8) is 0 Å². The smallest absolute Gasteiger partial charge is 0.292 e. The van der Waals surface area contributed by atoms with Gasteiger partial charge in [0.05, 0.1) is 4.92 Å². The molecule has 0 aliphatic carbocycles. The second-order valence-electron chi connectivity index (χ2n) is 4.48. The molecule has 1 unspecified atom stereocenters. The minimum Gasteiger partial charge on any atom is -0.316 e. The maximum atomic E-state index is 13.8. The third-order valence-electron chi connectivity index (χ3n) is 3.30. The lowest BCUT2D eigenvalue weighted by atomic mass is 10.3. The van der Waals surface area contributed by atoms with Gasteiger partial charge in [-0.2, -0.15) is 4.31 Å². The molecule has 2 rings (SSSR count). The highest BCUT2D eigenvalue weighted by Crippen LogP contribution is 2.30. The molecular weight excluding hydrogens is 325 g/mol. The van der Waals surface area contributed by atoms with Crippen LogP contribution in [0.3, 0.4) is 0 Å². The second-order valence-corrected chi connectivity index (χ2v) is 6.36. The molecule has 118 valence electrons. The molecule has 1 aromatic carbocycles. The minimum atomic E-state index is -4.21. The number of nitro benzene ring substituents is 1. The molecule has 1 heterocycles. The van der Waals surface area contributed by atoms with E-state index < -0.39 is 31.3 Å². The highest BCUT2D eigenvalue weighted by Gasteiger charge is 2.38. The molecule has 1 N–H and O–H groups in total. The predicted molar refractivity (Wildman–Crippen MR) is 76.5 cm³/mol. The van der Waals surface area contributed by atoms with E-state index in [1.807, 2.05) is 0 Å². The SMILES string of the molecule is CNC1CCN(S(=O)(=O)c2c(F)cccc2[N+](=O)[O-])C1.Cl. The molecule has 1 saturated heterocycles. The van der Waals surface area contributed by atoms with E-state index in [9.17, 15) is 22.9 Å². The van der Waals surface area contributed by atoms with Gasteiger partial charge in [-0.15, -0.1) is 12.4 Å². The van der Waals surface area contributed by atoms with Crippen LogP contribution in [0.25, 0.3) is 0 Å². The van der Waals surface area contributed by atoms with Crippen LogP contribution in [-0.2, 0) is 10.0 Å². The highest BCUT2D eigenvalue weighted by molar-refractivity contribution is 7.89. The van der Waals surface area contributed by atoms with Crippen LogP contribution in [0.4, 0.5) is 10.1 Å². The standard InChI is InChI=1S/C11H14FN3O4S.ClH/c1-13-8-5-6-14(7-8)20(18,19)11-9(12)3-2-4-10(11)15(16)17;/h2-4,8,13H,5-7H2,1H3;1H. The lowest BCUT2D eigenvalue weighted by Crippen LogP contribution is -2.34. The number of nitrogens with zero attached hydrogens (tertiary/aromatic N) is 2. The van der Waals surface area contributed by atoms with Gasteiger partial charge in [-0.1, -0.05) is 6.07 Å². The van der Waals surface area contributed by atoms with Gasteiger partial charge in [0.15, 0.2) is 4.90 Å². The maximum absolute atomic E-state index is 13.8. The molecule has 0 amide bonds. The Hall–Kier alpha value is -1.29. The van der Waals surface area contributed by atoms with Crippen molar-refractivity contribution < 1.29 is 17.7 Å². The summed E-state index contributed by atoms with van der Waals surface area (Å²) in [6.45, 7) is 0.379. The van der Waals surface area contributed by atoms with Gasteiger partial charge >= 0.3 is 0 Å². The number of sulfonamides is 1. The summed E-state index contributed by atoms with van der Waals surface area (Å²) in [6, 6.07) is 2.98. The summed E-state index contributed by atoms with van der Waals surface area (Å²) in [5.41, 5.74) is -0.738. The Morgan fingerprint density at radius 3 is 2.67 bits per heavy atom. The zero-order valence-corrected chi connectivity index (χ0v) is 12.8. The molecule has 0 bridgehead atoms. The zero-order valence-electron chi connectivity index (χ0n) is 11.2. The number of nitro groups is 1. The van der Waals surface area contributed by atoms with Crippen molar-refractivity contribution in [2.75, 3.05) is 20.1 Å². The van der Waals surface area contributed by atoms with Gasteiger partial charge in [0.25, 0.3) is 15.7 Å². The number of hydrogen-bond acceptors (Lipinski definition) is 5. The molecular formula is C11H15ClFN3O4S. The number of nitrogens with one attached hydrogen (secondary N) is 1. The molecule has 1 aliphatic rings. The molecule has 1 fully saturated rings. The van der Waals surface area contributed by atoms with Crippen LogP contribution in [-0.4, -0.2) is 43.8 Å². The van der Waals surface area contributed by atoms with Crippen molar-refractivity contribution in [3.05, 3.63) is 34.1 Å². The summed E-state index contributed by atoms with van der Waals surface area (Å²) in [6.07, 6.45) is 0.581. The lowest BCUT2D eigenvalue weighted by Gasteiger charge is -2.16. The summed E-state index contributed by atoms with van der Waals surface area (Å²) in [4.78, 5) is 9.15. The number of halogens is 2. The summed E-state index contributed by atoms with van der Waals surface area (Å²) in [7, 11) is -2.51. The van der Waals surface area contributed by atoms with Crippen molar-refractivity contribution in [2.45, 2.75) is 17.4 Å². The van der Waals surface area contributed by atoms with E-state index in [1.54, 1.807) is 7.05 Å². The average molecular weight is 340 g/mol. The summed E-state index contributed by atoms with van der Waals surface area (Å²) >= 11 is 0. The Balaban J connectivity index is 0.00000220. The van der Waals surface area contributed by atoms with Crippen LogP contribution < -0.4 is 5.32 Å². The van der Waals surface area contributed by atoms with Crippen LogP contribution in [0.2, 0.25) is 0 Å². The Morgan fingerprint density at radius 1 is 1.48 bits per heavy atom. The molecule has 21 heavy (non-hydrogen) atoms. The fraction of sp³-hybridized carbons (Fsp3) is 0.455. The lowest BCUT2D eigenvalue weighted by molar-refractivity contribution is -0.388. The predicted octanol–water partition coefficient (Wildman–Crippen LogP) is 1.14. The molecule has 0 radical (unpaired) electrons. The highest BCUT2D eigenvalue weighted by atomic mass is 35.5.